The number of fused-ring (bicyclic) bond motifs is 8. The van der Waals surface area contributed by atoms with Gasteiger partial charge in [0.2, 0.25) is 0 Å². The van der Waals surface area contributed by atoms with Gasteiger partial charge >= 0.3 is 0 Å². The van der Waals surface area contributed by atoms with E-state index in [1.165, 1.54) is 141 Å². The Hall–Kier alpha value is -4.15. The molecule has 4 aliphatic carbocycles. The van der Waals surface area contributed by atoms with Crippen molar-refractivity contribution in [1.82, 2.24) is 0 Å². The first-order valence-electron chi connectivity index (χ1n) is 29.5. The van der Waals surface area contributed by atoms with Gasteiger partial charge < -0.3 is 9.80 Å². The summed E-state index contributed by atoms with van der Waals surface area (Å²) in [4.78, 5) is 7.35. The maximum atomic E-state index is 2.89. The normalized spacial score (nSPS) is 25.3. The number of aryl methyl sites for hydroxylation is 1. The molecule has 394 valence electrons. The van der Waals surface area contributed by atoms with Crippen LogP contribution in [0.4, 0.5) is 28.4 Å². The average Bonchev–Trinajstić information content (AvgIpc) is 3.75. The molecule has 0 saturated heterocycles. The van der Waals surface area contributed by atoms with Crippen LogP contribution in [-0.4, -0.2) is 12.0 Å². The molecular weight excluding hydrogens is 924 g/mol. The summed E-state index contributed by atoms with van der Waals surface area (Å²) in [5, 5.41) is 0.474. The van der Waals surface area contributed by atoms with Crippen LogP contribution in [0.15, 0.2) is 89.4 Å². The lowest BCUT2D eigenvalue weighted by molar-refractivity contribution is 0.0881. The van der Waals surface area contributed by atoms with E-state index in [1.54, 1.807) is 16.1 Å². The Morgan fingerprint density at radius 3 is 1.52 bits per heavy atom. The van der Waals surface area contributed by atoms with Crippen molar-refractivity contribution in [2.45, 2.75) is 233 Å². The first-order valence-corrected chi connectivity index (χ1v) is 30.3. The van der Waals surface area contributed by atoms with Crippen molar-refractivity contribution < 1.29 is 0 Å². The zero-order valence-electron chi connectivity index (χ0n) is 50.2. The number of hydrogen-bond acceptors (Lipinski definition) is 3. The molecule has 5 aromatic rings. The molecule has 4 heteroatoms. The lowest BCUT2D eigenvalue weighted by atomic mass is 9.35. The quantitative estimate of drug-likeness (QED) is 0.166. The average molecular weight is 1020 g/mol. The Balaban J connectivity index is 1.24. The van der Waals surface area contributed by atoms with Crippen LogP contribution in [-0.2, 0) is 37.9 Å². The second kappa shape index (κ2) is 16.0. The zero-order chi connectivity index (χ0) is 53.9. The second-order valence-electron chi connectivity index (χ2n) is 31.8. The lowest BCUT2D eigenvalue weighted by Gasteiger charge is -2.52. The van der Waals surface area contributed by atoms with Crippen LogP contribution in [0.2, 0.25) is 0 Å². The van der Waals surface area contributed by atoms with E-state index in [2.05, 4.69) is 239 Å². The van der Waals surface area contributed by atoms with Crippen LogP contribution in [0.3, 0.4) is 0 Å². The van der Waals surface area contributed by atoms with Gasteiger partial charge in [-0.1, -0.05) is 168 Å². The molecule has 1 saturated carbocycles. The summed E-state index contributed by atoms with van der Waals surface area (Å²) >= 11 is 2.30. The number of anilines is 5. The number of rotatable bonds is 3. The molecule has 3 heterocycles. The minimum Gasteiger partial charge on any atom is -0.314 e. The van der Waals surface area contributed by atoms with E-state index >= 15 is 0 Å². The van der Waals surface area contributed by atoms with Gasteiger partial charge in [0, 0.05) is 45.2 Å². The Kier molecular flexibility index (Phi) is 11.0. The van der Waals surface area contributed by atoms with Gasteiger partial charge in [0.15, 0.2) is 0 Å². The highest BCUT2D eigenvalue weighted by Crippen LogP contribution is 2.66. The van der Waals surface area contributed by atoms with E-state index in [0.29, 0.717) is 11.2 Å². The third kappa shape index (κ3) is 7.59. The first kappa shape index (κ1) is 51.6. The van der Waals surface area contributed by atoms with E-state index in [-0.39, 0.29) is 55.4 Å². The molecule has 7 aliphatic rings. The van der Waals surface area contributed by atoms with Gasteiger partial charge in [-0.05, 0) is 215 Å². The summed E-state index contributed by atoms with van der Waals surface area (Å²) in [6, 6.07) is 33.4. The van der Waals surface area contributed by atoms with E-state index in [9.17, 15) is 0 Å². The third-order valence-corrected chi connectivity index (χ3v) is 23.4. The third-order valence-electron chi connectivity index (χ3n) is 21.6. The highest BCUT2D eigenvalue weighted by Gasteiger charge is 2.60. The Morgan fingerprint density at radius 1 is 0.467 bits per heavy atom. The Labute approximate surface area is 459 Å². The van der Waals surface area contributed by atoms with E-state index < -0.39 is 0 Å². The molecule has 5 aromatic carbocycles. The van der Waals surface area contributed by atoms with Gasteiger partial charge in [-0.15, -0.1) is 11.8 Å². The number of nitrogens with zero attached hydrogens (tertiary/aromatic N) is 2. The molecule has 3 aliphatic heterocycles. The van der Waals surface area contributed by atoms with Gasteiger partial charge in [0.05, 0.1) is 5.69 Å². The highest BCUT2D eigenvalue weighted by atomic mass is 32.2. The molecule has 0 N–H and O–H groups in total. The van der Waals surface area contributed by atoms with Gasteiger partial charge in [0.1, 0.15) is 0 Å². The van der Waals surface area contributed by atoms with E-state index in [0.717, 1.165) is 0 Å². The molecule has 75 heavy (non-hydrogen) atoms. The summed E-state index contributed by atoms with van der Waals surface area (Å²) in [5.41, 5.74) is 26.7. The molecule has 2 nitrogen and oxygen atoms in total. The molecule has 2 atom stereocenters. The second-order valence-corrected chi connectivity index (χ2v) is 32.9. The van der Waals surface area contributed by atoms with E-state index in [1.807, 2.05) is 0 Å². The molecule has 2 unspecified atom stereocenters. The lowest BCUT2D eigenvalue weighted by Crippen LogP contribution is -2.56. The maximum Gasteiger partial charge on any atom is 0.259 e. The van der Waals surface area contributed by atoms with Gasteiger partial charge in [-0.25, -0.2) is 0 Å². The fraction of sp³-hybridized carbons (Fsp3) is 0.549. The summed E-state index contributed by atoms with van der Waals surface area (Å²) in [6.07, 6.45) is 9.64. The number of benzene rings is 5. The number of hydrogen-bond donors (Lipinski definition) is 0. The van der Waals surface area contributed by atoms with Crippen molar-refractivity contribution in [3.63, 3.8) is 0 Å². The standard InChI is InChI=1S/C71H91BN2S/c1-42-35-56-59-57(36-42)74(54-40-51-49(66(9,10)29-31-68(51,13)14)38-45(54)44-23-21-22-24-46(44)63(2,3)4)55-41-52-50(67(11,12)30-32-69(52,15)16)39-53(55)72(59)62-60(58-61(75-62)71(19,20)34-33-70(58,17)18)73(56)43-25-26-47-48(37-43)65(7,8)28-27-64(47,5)6/h21-26,35-41,58,61H,27-34H2,1-20H3. The minimum atomic E-state index is -0.0549. The Morgan fingerprint density at radius 2 is 0.947 bits per heavy atom. The van der Waals surface area contributed by atoms with Gasteiger partial charge in [-0.3, -0.25) is 0 Å². The summed E-state index contributed by atoms with van der Waals surface area (Å²) in [5.74, 6) is 0.403. The summed E-state index contributed by atoms with van der Waals surface area (Å²) in [7, 11) is 0. The topological polar surface area (TPSA) is 6.48 Å². The predicted octanol–water partition coefficient (Wildman–Crippen LogP) is 18.9. The van der Waals surface area contributed by atoms with Crippen LogP contribution in [0, 0.1) is 23.7 Å². The van der Waals surface area contributed by atoms with Crippen molar-refractivity contribution in [2.75, 3.05) is 9.80 Å². The van der Waals surface area contributed by atoms with Crippen molar-refractivity contribution in [3.05, 3.63) is 134 Å². The molecule has 0 bridgehead atoms. The van der Waals surface area contributed by atoms with Crippen LogP contribution in [0.25, 0.3) is 11.1 Å². The fourth-order valence-electron chi connectivity index (χ4n) is 16.1. The first-order chi connectivity index (χ1) is 34.7. The molecule has 0 aromatic heterocycles. The van der Waals surface area contributed by atoms with Crippen molar-refractivity contribution in [3.8, 4) is 11.1 Å². The van der Waals surface area contributed by atoms with Crippen LogP contribution < -0.4 is 20.7 Å². The smallest absolute Gasteiger partial charge is 0.259 e. The molecule has 12 rings (SSSR count). The van der Waals surface area contributed by atoms with Crippen LogP contribution in [0.5, 0.6) is 0 Å². The number of thioether (sulfide) groups is 1. The summed E-state index contributed by atoms with van der Waals surface area (Å²) in [6.45, 7) is 50.4. The monoisotopic (exact) mass is 1010 g/mol. The Bertz CT molecular complexity index is 3290. The highest BCUT2D eigenvalue weighted by molar-refractivity contribution is 8.06. The SMILES string of the molecule is Cc1cc2c3c(c1)N(c1cc4c(cc1-c1ccccc1C(C)(C)C)C(C)(C)CCC4(C)C)c1cc4c(cc1B3C1=C(C3C(S1)C(C)(C)CCC3(C)C)N2c1ccc2c(c1)C(C)(C)CCC2(C)C)C(C)(C)CCC4(C)C. The van der Waals surface area contributed by atoms with Crippen molar-refractivity contribution in [2.24, 2.45) is 16.7 Å². The van der Waals surface area contributed by atoms with E-state index in [4.69, 9.17) is 0 Å². The number of allylic oxidation sites excluding steroid dienone is 1. The van der Waals surface area contributed by atoms with Gasteiger partial charge in [-0.2, -0.15) is 0 Å². The predicted molar refractivity (Wildman–Crippen MR) is 328 cm³/mol. The molecule has 0 radical (unpaired) electrons. The molecule has 1 fully saturated rings. The van der Waals surface area contributed by atoms with Crippen molar-refractivity contribution in [1.29, 1.82) is 0 Å². The largest absolute Gasteiger partial charge is 0.314 e. The van der Waals surface area contributed by atoms with Crippen LogP contribution in [0.1, 0.15) is 227 Å². The zero-order valence-corrected chi connectivity index (χ0v) is 51.0. The minimum absolute atomic E-state index is 0.0262. The summed E-state index contributed by atoms with van der Waals surface area (Å²) < 4.78 is 0. The molecule has 0 spiro atoms. The maximum absolute atomic E-state index is 2.89. The van der Waals surface area contributed by atoms with Crippen molar-refractivity contribution >= 4 is 57.8 Å². The van der Waals surface area contributed by atoms with Crippen LogP contribution >= 0.6 is 11.8 Å². The molecule has 0 amide bonds. The fourth-order valence-corrected chi connectivity index (χ4v) is 18.2. The van der Waals surface area contributed by atoms with Gasteiger partial charge in [0.25, 0.3) is 6.71 Å². The molecular formula is C71H91BN2S.